The van der Waals surface area contributed by atoms with Crippen molar-refractivity contribution in [2.24, 2.45) is 0 Å². The normalized spacial score (nSPS) is 14.7. The van der Waals surface area contributed by atoms with Crippen molar-refractivity contribution in [2.75, 3.05) is 19.6 Å². The fraction of sp³-hybridized carbons (Fsp3) is 0.122. The third-order valence-corrected chi connectivity index (χ3v) is 16.4. The van der Waals surface area contributed by atoms with Crippen LogP contribution in [0.25, 0.3) is 66.8 Å². The summed E-state index contributed by atoms with van der Waals surface area (Å²) in [6.45, 7) is 9.52. The quantitative estimate of drug-likeness (QED) is 0.127. The number of hydrogen-bond donors (Lipinski definition) is 0. The number of hydrogen-bond acceptors (Lipinski definition) is 5. The van der Waals surface area contributed by atoms with Gasteiger partial charge in [0.1, 0.15) is 5.82 Å². The summed E-state index contributed by atoms with van der Waals surface area (Å²) in [5.74, 6) is 0.387. The molecule has 12 aromatic rings. The molecule has 0 bridgehead atoms. The number of fused-ring (bicyclic) bond motifs is 6. The van der Waals surface area contributed by atoms with Crippen LogP contribution in [0.4, 0.5) is 57.0 Å². The van der Waals surface area contributed by atoms with Gasteiger partial charge < -0.3 is 19.6 Å². The molecule has 5 nitrogen and oxygen atoms in total. The Labute approximate surface area is 549 Å². The van der Waals surface area contributed by atoms with Crippen LogP contribution in [0.3, 0.4) is 0 Å². The second-order valence-electron chi connectivity index (χ2n) is 24.2. The van der Waals surface area contributed by atoms with Gasteiger partial charge in [-0.1, -0.05) is 240 Å². The number of pyridine rings is 1. The van der Waals surface area contributed by atoms with E-state index in [4.69, 9.17) is 17.3 Å². The van der Waals surface area contributed by atoms with Crippen molar-refractivity contribution in [2.45, 2.75) is 66.1 Å². The van der Waals surface area contributed by atoms with E-state index in [0.717, 1.165) is 61.4 Å². The van der Waals surface area contributed by atoms with Crippen LogP contribution < -0.4 is 19.6 Å². The van der Waals surface area contributed by atoms with Crippen LogP contribution >= 0.6 is 0 Å². The SMILES string of the molecule is [2H]c1c([2H])c([2H])c(-c2cc(C([2H])([2H])[2H])cc(-c3cc(-c4ccccc4)cc(C(C)(C)C)c3)c2N2[CH-]N(c3[c-]c(N(c4[c-]c5c(cc4)-c4ccccc4-c4ccccc4N5c4cc(C([2H])([2H])[2H])c(-c5ccccc5)cn4)c4ccccc4)cc(C(C)(C)C)c3)c3ccccc32)c([2H])c1[2H].[Pt]. The molecule has 2 aliphatic heterocycles. The van der Waals surface area contributed by atoms with Crippen LogP contribution in [-0.2, 0) is 31.9 Å². The van der Waals surface area contributed by atoms with Gasteiger partial charge in [0.25, 0.3) is 0 Å². The molecule has 0 radical (unpaired) electrons. The molecule has 0 N–H and O–H groups in total. The molecule has 0 spiro atoms. The molecule has 0 saturated heterocycles. The van der Waals surface area contributed by atoms with Crippen LogP contribution in [0.2, 0.25) is 0 Å². The summed E-state index contributed by atoms with van der Waals surface area (Å²) in [5.41, 5.74) is 14.8. The molecule has 0 saturated carbocycles. The minimum atomic E-state index is -2.71. The topological polar surface area (TPSA) is 25.9 Å². The van der Waals surface area contributed by atoms with Crippen molar-refractivity contribution in [3.63, 3.8) is 0 Å². The van der Waals surface area contributed by atoms with Crippen LogP contribution in [0.1, 0.15) is 78.9 Å². The fourth-order valence-electron chi connectivity index (χ4n) is 12.0. The second-order valence-corrected chi connectivity index (χ2v) is 24.2. The molecule has 11 aromatic carbocycles. The van der Waals surface area contributed by atoms with Crippen molar-refractivity contribution >= 4 is 57.0 Å². The molecule has 88 heavy (non-hydrogen) atoms. The maximum Gasteiger partial charge on any atom is 0.135 e. The van der Waals surface area contributed by atoms with Gasteiger partial charge in [-0.3, -0.25) is 0 Å². The predicted octanol–water partition coefficient (Wildman–Crippen LogP) is 22.6. The van der Waals surface area contributed by atoms with Gasteiger partial charge in [0, 0.05) is 80.5 Å². The summed E-state index contributed by atoms with van der Waals surface area (Å²) in [6, 6.07) is 78.2. The van der Waals surface area contributed by atoms with Crippen LogP contribution in [-0.4, -0.2) is 4.98 Å². The minimum absolute atomic E-state index is 0. The molecule has 2 aliphatic rings. The third-order valence-electron chi connectivity index (χ3n) is 16.4. The van der Waals surface area contributed by atoms with Crippen molar-refractivity contribution in [3.05, 3.63) is 302 Å². The minimum Gasteiger partial charge on any atom is -0.493 e. The zero-order valence-corrected chi connectivity index (χ0v) is 51.8. The Morgan fingerprint density at radius 1 is 0.455 bits per heavy atom. The first-order valence-corrected chi connectivity index (χ1v) is 29.3. The molecule has 0 fully saturated rings. The van der Waals surface area contributed by atoms with Crippen LogP contribution in [0.15, 0.2) is 261 Å². The molecule has 0 aliphatic carbocycles. The van der Waals surface area contributed by atoms with E-state index in [0.29, 0.717) is 62.3 Å². The summed E-state index contributed by atoms with van der Waals surface area (Å²) in [5, 5.41) is 0. The molecule has 6 heteroatoms. The number of aryl methyl sites for hydroxylation is 2. The maximum absolute atomic E-state index is 9.57. The summed E-state index contributed by atoms with van der Waals surface area (Å²) in [6.07, 6.45) is 1.66. The number of nitrogens with zero attached hydrogens (tertiary/aromatic N) is 5. The molecule has 434 valence electrons. The van der Waals surface area contributed by atoms with Gasteiger partial charge in [0.05, 0.1) is 12.5 Å². The van der Waals surface area contributed by atoms with E-state index < -0.39 is 54.7 Å². The Kier molecular flexibility index (Phi) is 12.1. The molecular formula is C82H68N5Pt-3. The Hall–Kier alpha value is -9.54. The Bertz CT molecular complexity index is 5080. The van der Waals surface area contributed by atoms with Crippen molar-refractivity contribution in [1.29, 1.82) is 0 Å². The van der Waals surface area contributed by atoms with E-state index in [-0.39, 0.29) is 43.3 Å². The van der Waals surface area contributed by atoms with Gasteiger partial charge in [-0.2, -0.15) is 6.07 Å². The summed E-state index contributed by atoms with van der Waals surface area (Å²) >= 11 is 0. The Morgan fingerprint density at radius 2 is 1.03 bits per heavy atom. The molecular weight excluding hydrogens is 1250 g/mol. The molecule has 0 amide bonds. The van der Waals surface area contributed by atoms with Crippen molar-refractivity contribution in [1.82, 2.24) is 4.98 Å². The number of aromatic nitrogens is 1. The van der Waals surface area contributed by atoms with Crippen molar-refractivity contribution in [3.8, 4) is 66.8 Å². The van der Waals surface area contributed by atoms with Gasteiger partial charge in [-0.15, -0.1) is 53.8 Å². The first-order valence-electron chi connectivity index (χ1n) is 34.8. The Balaban J connectivity index is 0.00000880. The zero-order chi connectivity index (χ0) is 68.9. The first-order chi connectivity index (χ1) is 46.7. The van der Waals surface area contributed by atoms with E-state index in [9.17, 15) is 2.74 Å². The average molecular weight is 1330 g/mol. The standard InChI is InChI=1S/C82H68N5.Pt/c1-55-43-72(58-29-15-10-16-30-58)80(73(44-55)61-46-60(57-27-13-9-14-28-57)47-62(48-61)81(3,4)5)85-54-84(76-39-25-26-40-77(76)85)66-49-63(82(6,7)8)50-67(51-66)86(64-33-19-12-20-34-64)65-41-42-71-69-36-22-21-35-68(69)70-37-23-24-38-75(70)87(78(71)52-65)79-45-56(2)74(53-83-79)59-31-17-11-18-32-59;/h9-50,53-54H,1-8H3;/q-3;/i1D3,2D3,10D,15D,16D,29D,30D;. The third kappa shape index (κ3) is 10.7. The number of benzene rings is 11. The van der Waals surface area contributed by atoms with Gasteiger partial charge in [0.15, 0.2) is 0 Å². The number of anilines is 10. The summed E-state index contributed by atoms with van der Waals surface area (Å²) < 4.78 is 99.9. The van der Waals surface area contributed by atoms with Gasteiger partial charge in [-0.25, -0.2) is 4.98 Å². The maximum atomic E-state index is 9.57. The molecule has 1 aromatic heterocycles. The van der Waals surface area contributed by atoms with E-state index >= 15 is 0 Å². The van der Waals surface area contributed by atoms with E-state index in [1.54, 1.807) is 18.3 Å². The molecule has 14 rings (SSSR count). The molecule has 3 heterocycles. The molecule has 0 atom stereocenters. The van der Waals surface area contributed by atoms with Crippen LogP contribution in [0, 0.1) is 32.5 Å². The molecule has 0 unspecified atom stereocenters. The van der Waals surface area contributed by atoms with Gasteiger partial charge >= 0.3 is 0 Å². The second kappa shape index (κ2) is 23.3. The van der Waals surface area contributed by atoms with E-state index in [1.807, 2.05) is 173 Å². The Morgan fingerprint density at radius 3 is 1.70 bits per heavy atom. The summed E-state index contributed by atoms with van der Waals surface area (Å²) in [7, 11) is 0. The van der Waals surface area contributed by atoms with Crippen LogP contribution in [0.5, 0.6) is 0 Å². The number of rotatable bonds is 10. The monoisotopic (exact) mass is 1330 g/mol. The smallest absolute Gasteiger partial charge is 0.135 e. The fourth-order valence-corrected chi connectivity index (χ4v) is 12.0. The number of para-hydroxylation sites is 4. The van der Waals surface area contributed by atoms with Crippen molar-refractivity contribution < 1.29 is 36.1 Å². The van der Waals surface area contributed by atoms with E-state index in [2.05, 4.69) is 113 Å². The summed E-state index contributed by atoms with van der Waals surface area (Å²) in [4.78, 5) is 13.3. The average Bonchev–Trinajstić information content (AvgIpc) is 1.68. The largest absolute Gasteiger partial charge is 0.493 e. The van der Waals surface area contributed by atoms with Gasteiger partial charge in [0.2, 0.25) is 0 Å². The first kappa shape index (κ1) is 45.7. The van der Waals surface area contributed by atoms with Gasteiger partial charge in [-0.05, 0) is 129 Å². The predicted molar refractivity (Wildman–Crippen MR) is 366 cm³/mol. The zero-order valence-electron chi connectivity index (χ0n) is 60.6. The van der Waals surface area contributed by atoms with E-state index in [1.165, 1.54) is 6.07 Å².